The van der Waals surface area contributed by atoms with Crippen LogP contribution in [-0.4, -0.2) is 17.8 Å². The van der Waals surface area contributed by atoms with Gasteiger partial charge in [0.2, 0.25) is 11.8 Å². The molecule has 3 fully saturated rings. The molecule has 0 bridgehead atoms. The molecule has 1 aromatic rings. The molecule has 0 aromatic heterocycles. The van der Waals surface area contributed by atoms with Gasteiger partial charge in [-0.2, -0.15) is 0 Å². The van der Waals surface area contributed by atoms with Crippen LogP contribution in [0.4, 0.5) is 5.69 Å². The smallest absolute Gasteiger partial charge is 0.308 e. The molecule has 2 aliphatic carbocycles. The number of fused-ring (bicyclic) bond motifs is 2. The Morgan fingerprint density at radius 2 is 1.73 bits per heavy atom. The molecule has 2 amide bonds. The molecule has 1 saturated heterocycles. The van der Waals surface area contributed by atoms with E-state index in [1.165, 1.54) is 18.2 Å². The third kappa shape index (κ3) is 2.03. The summed E-state index contributed by atoms with van der Waals surface area (Å²) in [5.74, 6) is 0.701. The molecule has 4 rings (SSSR count). The second kappa shape index (κ2) is 4.66. The summed E-state index contributed by atoms with van der Waals surface area (Å²) < 4.78 is 5.04. The summed E-state index contributed by atoms with van der Waals surface area (Å²) in [4.78, 5) is 37.6. The standard InChI is InChI=1S/C17H17NO4/c1-9(19)22-13-4-2-3-12(8-13)18-16(20)14-6-10-5-11(10)7-15(14)17(18)21/h2-4,8,10-11,14-15H,5-7H2,1H3. The Labute approximate surface area is 128 Å². The fourth-order valence-corrected chi connectivity index (χ4v) is 3.96. The van der Waals surface area contributed by atoms with Gasteiger partial charge in [-0.15, -0.1) is 0 Å². The number of imide groups is 1. The van der Waals surface area contributed by atoms with E-state index in [0.29, 0.717) is 23.3 Å². The SMILES string of the molecule is CC(=O)Oc1cccc(N2C(=O)C3CC4CC4CC3C2=O)c1. The highest BCUT2D eigenvalue weighted by Crippen LogP contribution is 2.56. The first-order valence-corrected chi connectivity index (χ1v) is 7.71. The number of amides is 2. The molecule has 4 atom stereocenters. The molecule has 1 aliphatic heterocycles. The number of rotatable bonds is 2. The Kier molecular flexibility index (Phi) is 2.86. The topological polar surface area (TPSA) is 63.7 Å². The maximum absolute atomic E-state index is 12.6. The zero-order valence-electron chi connectivity index (χ0n) is 12.3. The van der Waals surface area contributed by atoms with Crippen LogP contribution in [0.15, 0.2) is 24.3 Å². The van der Waals surface area contributed by atoms with Crippen LogP contribution >= 0.6 is 0 Å². The minimum atomic E-state index is -0.426. The number of anilines is 1. The van der Waals surface area contributed by atoms with E-state index < -0.39 is 5.97 Å². The molecule has 2 saturated carbocycles. The summed E-state index contributed by atoms with van der Waals surface area (Å²) in [5, 5.41) is 0. The van der Waals surface area contributed by atoms with Gasteiger partial charge in [-0.3, -0.25) is 14.4 Å². The van der Waals surface area contributed by atoms with Crippen LogP contribution < -0.4 is 9.64 Å². The third-order valence-electron chi connectivity index (χ3n) is 5.08. The van der Waals surface area contributed by atoms with Crippen molar-refractivity contribution in [2.24, 2.45) is 23.7 Å². The van der Waals surface area contributed by atoms with Crippen LogP contribution in [-0.2, 0) is 14.4 Å². The van der Waals surface area contributed by atoms with Crippen molar-refractivity contribution in [2.45, 2.75) is 26.2 Å². The van der Waals surface area contributed by atoms with Crippen molar-refractivity contribution in [3.05, 3.63) is 24.3 Å². The van der Waals surface area contributed by atoms with Crippen LogP contribution in [0, 0.1) is 23.7 Å². The van der Waals surface area contributed by atoms with Gasteiger partial charge in [-0.25, -0.2) is 4.90 Å². The van der Waals surface area contributed by atoms with Gasteiger partial charge in [0.05, 0.1) is 17.5 Å². The Bertz CT molecular complexity index is 655. The molecule has 0 N–H and O–H groups in total. The van der Waals surface area contributed by atoms with E-state index in [1.807, 2.05) is 0 Å². The first kappa shape index (κ1) is 13.5. The normalized spacial score (nSPS) is 32.5. The quantitative estimate of drug-likeness (QED) is 0.477. The number of esters is 1. The van der Waals surface area contributed by atoms with Gasteiger partial charge in [-0.1, -0.05) is 6.07 Å². The molecule has 3 aliphatic rings. The van der Waals surface area contributed by atoms with Crippen LogP contribution in [0.1, 0.15) is 26.2 Å². The number of hydrogen-bond acceptors (Lipinski definition) is 4. The summed E-state index contributed by atoms with van der Waals surface area (Å²) in [6.07, 6.45) is 2.87. The summed E-state index contributed by atoms with van der Waals surface area (Å²) >= 11 is 0. The van der Waals surface area contributed by atoms with Crippen LogP contribution in [0.5, 0.6) is 5.75 Å². The van der Waals surface area contributed by atoms with Gasteiger partial charge in [0.25, 0.3) is 0 Å². The van der Waals surface area contributed by atoms with Gasteiger partial charge in [0.1, 0.15) is 5.75 Å². The summed E-state index contributed by atoms with van der Waals surface area (Å²) in [7, 11) is 0. The van der Waals surface area contributed by atoms with Gasteiger partial charge < -0.3 is 4.74 Å². The Balaban J connectivity index is 1.63. The summed E-state index contributed by atoms with van der Waals surface area (Å²) in [6, 6.07) is 6.61. The fourth-order valence-electron chi connectivity index (χ4n) is 3.96. The molecule has 4 unspecified atom stereocenters. The lowest BCUT2D eigenvalue weighted by atomic mass is 9.81. The van der Waals surface area contributed by atoms with Crippen molar-refractivity contribution < 1.29 is 19.1 Å². The van der Waals surface area contributed by atoms with Crippen molar-refractivity contribution >= 4 is 23.5 Å². The molecule has 1 aromatic carbocycles. The molecule has 0 spiro atoms. The highest BCUT2D eigenvalue weighted by molar-refractivity contribution is 6.22. The molecule has 1 heterocycles. The minimum absolute atomic E-state index is 0.0969. The third-order valence-corrected chi connectivity index (χ3v) is 5.08. The van der Waals surface area contributed by atoms with Gasteiger partial charge >= 0.3 is 5.97 Å². The van der Waals surface area contributed by atoms with Gasteiger partial charge in [-0.05, 0) is 43.2 Å². The maximum Gasteiger partial charge on any atom is 0.308 e. The zero-order chi connectivity index (χ0) is 15.4. The molecule has 5 nitrogen and oxygen atoms in total. The van der Waals surface area contributed by atoms with Crippen LogP contribution in [0.25, 0.3) is 0 Å². The number of hydrogen-bond donors (Lipinski definition) is 0. The van der Waals surface area contributed by atoms with Crippen molar-refractivity contribution in [3.63, 3.8) is 0 Å². The molecule has 114 valence electrons. The van der Waals surface area contributed by atoms with E-state index in [-0.39, 0.29) is 23.7 Å². The van der Waals surface area contributed by atoms with E-state index in [2.05, 4.69) is 0 Å². The van der Waals surface area contributed by atoms with E-state index in [0.717, 1.165) is 12.8 Å². The van der Waals surface area contributed by atoms with E-state index in [4.69, 9.17) is 4.74 Å². The Morgan fingerprint density at radius 1 is 1.09 bits per heavy atom. The van der Waals surface area contributed by atoms with Gasteiger partial charge in [0.15, 0.2) is 0 Å². The lowest BCUT2D eigenvalue weighted by Gasteiger charge is -2.19. The highest BCUT2D eigenvalue weighted by Gasteiger charge is 2.57. The average molecular weight is 299 g/mol. The number of benzene rings is 1. The van der Waals surface area contributed by atoms with Crippen molar-refractivity contribution in [1.29, 1.82) is 0 Å². The number of carbonyl (C=O) groups is 3. The second-order valence-electron chi connectivity index (χ2n) is 6.54. The first-order valence-electron chi connectivity index (χ1n) is 7.71. The molecular formula is C17H17NO4. The highest BCUT2D eigenvalue weighted by atomic mass is 16.5. The molecule has 0 radical (unpaired) electrons. The van der Waals surface area contributed by atoms with E-state index in [9.17, 15) is 14.4 Å². The summed E-state index contributed by atoms with van der Waals surface area (Å²) in [5.41, 5.74) is 0.497. The monoisotopic (exact) mass is 299 g/mol. The zero-order valence-corrected chi connectivity index (χ0v) is 12.3. The van der Waals surface area contributed by atoms with Gasteiger partial charge in [0, 0.05) is 13.0 Å². The van der Waals surface area contributed by atoms with E-state index >= 15 is 0 Å². The largest absolute Gasteiger partial charge is 0.427 e. The number of ether oxygens (including phenoxy) is 1. The molecular weight excluding hydrogens is 282 g/mol. The predicted octanol–water partition coefficient (Wildman–Crippen LogP) is 2.15. The second-order valence-corrected chi connectivity index (χ2v) is 6.54. The Hall–Kier alpha value is -2.17. The molecule has 5 heteroatoms. The Morgan fingerprint density at radius 3 is 2.32 bits per heavy atom. The van der Waals surface area contributed by atoms with Crippen LogP contribution in [0.2, 0.25) is 0 Å². The van der Waals surface area contributed by atoms with Crippen molar-refractivity contribution in [2.75, 3.05) is 4.90 Å². The first-order chi connectivity index (χ1) is 10.5. The van der Waals surface area contributed by atoms with Crippen molar-refractivity contribution in [1.82, 2.24) is 0 Å². The molecule has 22 heavy (non-hydrogen) atoms. The predicted molar refractivity (Wildman–Crippen MR) is 78.1 cm³/mol. The lowest BCUT2D eigenvalue weighted by Crippen LogP contribution is -2.30. The maximum atomic E-state index is 12.6. The summed E-state index contributed by atoms with van der Waals surface area (Å²) in [6.45, 7) is 1.32. The van der Waals surface area contributed by atoms with E-state index in [1.54, 1.807) is 24.3 Å². The average Bonchev–Trinajstić information content (AvgIpc) is 3.19. The fraction of sp³-hybridized carbons (Fsp3) is 0.471. The van der Waals surface area contributed by atoms with Crippen molar-refractivity contribution in [3.8, 4) is 5.75 Å². The van der Waals surface area contributed by atoms with Crippen LogP contribution in [0.3, 0.4) is 0 Å². The minimum Gasteiger partial charge on any atom is -0.427 e. The number of carbonyl (C=O) groups excluding carboxylic acids is 3. The number of nitrogens with zero attached hydrogens (tertiary/aromatic N) is 1. The lowest BCUT2D eigenvalue weighted by molar-refractivity contribution is -0.132.